The summed E-state index contributed by atoms with van der Waals surface area (Å²) in [6.07, 6.45) is 0.0886. The highest BCUT2D eigenvalue weighted by molar-refractivity contribution is 5.96. The van der Waals surface area contributed by atoms with Gasteiger partial charge in [-0.3, -0.25) is 4.79 Å². The van der Waals surface area contributed by atoms with Crippen LogP contribution in [-0.2, 0) is 20.9 Å². The van der Waals surface area contributed by atoms with Crippen LogP contribution >= 0.6 is 0 Å². The van der Waals surface area contributed by atoms with E-state index in [1.54, 1.807) is 56.2 Å². The fourth-order valence-electron chi connectivity index (χ4n) is 4.00. The second-order valence-electron chi connectivity index (χ2n) is 7.35. The molecule has 0 N–H and O–H groups in total. The third-order valence-electron chi connectivity index (χ3n) is 5.55. The van der Waals surface area contributed by atoms with Crippen molar-refractivity contribution >= 4 is 11.9 Å². The molecule has 0 radical (unpaired) electrons. The molecule has 2 aromatic rings. The summed E-state index contributed by atoms with van der Waals surface area (Å²) in [5.74, 6) is -0.0861. The third-order valence-corrected chi connectivity index (χ3v) is 5.55. The van der Waals surface area contributed by atoms with E-state index in [1.165, 1.54) is 7.11 Å². The molecule has 1 amide bonds. The lowest BCUT2D eigenvalue weighted by molar-refractivity contribution is -0.140. The molecular weight excluding hydrogens is 408 g/mol. The fourth-order valence-corrected chi connectivity index (χ4v) is 4.00. The first-order valence-corrected chi connectivity index (χ1v) is 10.3. The Morgan fingerprint density at radius 3 is 2.47 bits per heavy atom. The quantitative estimate of drug-likeness (QED) is 0.614. The number of carbonyl (C=O) groups excluding carboxylic acids is 2. The summed E-state index contributed by atoms with van der Waals surface area (Å²) in [6.45, 7) is 4.02. The maximum atomic E-state index is 13.2. The number of nitriles is 1. The Bertz CT molecular complexity index is 1080. The van der Waals surface area contributed by atoms with E-state index in [0.29, 0.717) is 40.4 Å². The Balaban J connectivity index is 2.08. The van der Waals surface area contributed by atoms with Crippen LogP contribution in [-0.4, -0.2) is 37.6 Å². The predicted octanol–water partition coefficient (Wildman–Crippen LogP) is 3.93. The zero-order valence-corrected chi connectivity index (χ0v) is 18.7. The molecule has 1 heterocycles. The molecule has 1 unspecified atom stereocenters. The van der Waals surface area contributed by atoms with Gasteiger partial charge < -0.3 is 19.1 Å². The van der Waals surface area contributed by atoms with Gasteiger partial charge in [-0.15, -0.1) is 0 Å². The van der Waals surface area contributed by atoms with Crippen molar-refractivity contribution < 1.29 is 23.8 Å². The van der Waals surface area contributed by atoms with Crippen molar-refractivity contribution in [1.82, 2.24) is 4.90 Å². The van der Waals surface area contributed by atoms with Gasteiger partial charge in [-0.05, 0) is 37.6 Å². The van der Waals surface area contributed by atoms with Gasteiger partial charge in [0.25, 0.3) is 0 Å². The number of hydrogen-bond acceptors (Lipinski definition) is 6. The van der Waals surface area contributed by atoms with Crippen LogP contribution < -0.4 is 9.47 Å². The number of para-hydroxylation sites is 1. The van der Waals surface area contributed by atoms with Crippen molar-refractivity contribution in [1.29, 1.82) is 5.26 Å². The van der Waals surface area contributed by atoms with Gasteiger partial charge in [0.1, 0.15) is 0 Å². The van der Waals surface area contributed by atoms with Gasteiger partial charge in [0.15, 0.2) is 11.5 Å². The third kappa shape index (κ3) is 4.45. The molecular formula is C25H26N2O5. The van der Waals surface area contributed by atoms with Gasteiger partial charge in [-0.25, -0.2) is 4.79 Å². The molecule has 32 heavy (non-hydrogen) atoms. The average molecular weight is 434 g/mol. The average Bonchev–Trinajstić information content (AvgIpc) is 2.81. The van der Waals surface area contributed by atoms with Crippen molar-refractivity contribution in [3.8, 4) is 17.6 Å². The highest BCUT2D eigenvalue weighted by Crippen LogP contribution is 2.44. The first-order chi connectivity index (χ1) is 15.4. The fraction of sp³-hybridized carbons (Fsp3) is 0.320. The monoisotopic (exact) mass is 434 g/mol. The number of methoxy groups -OCH3 is 2. The number of nitrogens with zero attached hydrogens (tertiary/aromatic N) is 2. The Kier molecular flexibility index (Phi) is 7.16. The predicted molar refractivity (Wildman–Crippen MR) is 118 cm³/mol. The van der Waals surface area contributed by atoms with Crippen molar-refractivity contribution in [3.05, 3.63) is 70.4 Å². The number of ether oxygens (including phenoxy) is 3. The van der Waals surface area contributed by atoms with Gasteiger partial charge in [0.2, 0.25) is 5.91 Å². The van der Waals surface area contributed by atoms with Crippen molar-refractivity contribution in [2.45, 2.75) is 32.7 Å². The molecule has 0 spiro atoms. The van der Waals surface area contributed by atoms with Crippen LogP contribution in [0.5, 0.6) is 11.5 Å². The summed E-state index contributed by atoms with van der Waals surface area (Å²) in [4.78, 5) is 27.8. The molecule has 166 valence electrons. The summed E-state index contributed by atoms with van der Waals surface area (Å²) in [7, 11) is 3.07. The molecule has 0 saturated heterocycles. The van der Waals surface area contributed by atoms with E-state index in [1.807, 2.05) is 12.1 Å². The lowest BCUT2D eigenvalue weighted by Crippen LogP contribution is -2.38. The molecule has 3 rings (SSSR count). The van der Waals surface area contributed by atoms with Crippen LogP contribution in [0.4, 0.5) is 0 Å². The van der Waals surface area contributed by atoms with Crippen molar-refractivity contribution in [3.63, 3.8) is 0 Å². The first kappa shape index (κ1) is 22.9. The number of hydrogen-bond donors (Lipinski definition) is 0. The van der Waals surface area contributed by atoms with E-state index in [4.69, 9.17) is 19.5 Å². The molecule has 2 aromatic carbocycles. The summed E-state index contributed by atoms with van der Waals surface area (Å²) >= 11 is 0. The number of rotatable bonds is 7. The van der Waals surface area contributed by atoms with Gasteiger partial charge in [0, 0.05) is 23.6 Å². The second kappa shape index (κ2) is 10.0. The maximum Gasteiger partial charge on any atom is 0.336 e. The standard InChI is InChI=1S/C25H26N2O5/c1-5-32-25(29)23-16(2)27(15-18-11-9-17(14-26)10-12-18)22(28)13-20(23)19-7-6-8-21(30-3)24(19)31-4/h6-12,20H,5,13,15H2,1-4H3. The molecule has 0 aromatic heterocycles. The number of benzene rings is 2. The van der Waals surface area contributed by atoms with Crippen LogP contribution in [0.15, 0.2) is 53.7 Å². The minimum absolute atomic E-state index is 0.0886. The molecule has 1 atom stereocenters. The van der Waals surface area contributed by atoms with Gasteiger partial charge in [0.05, 0.1) is 44.6 Å². The number of carbonyl (C=O) groups is 2. The molecule has 1 aliphatic heterocycles. The number of allylic oxidation sites excluding steroid dienone is 1. The van der Waals surface area contributed by atoms with Crippen LogP contribution in [0, 0.1) is 11.3 Å². The largest absolute Gasteiger partial charge is 0.493 e. The molecule has 7 nitrogen and oxygen atoms in total. The molecule has 7 heteroatoms. The summed E-state index contributed by atoms with van der Waals surface area (Å²) in [5, 5.41) is 9.01. The zero-order chi connectivity index (χ0) is 23.3. The number of amides is 1. The van der Waals surface area contributed by atoms with E-state index in [2.05, 4.69) is 6.07 Å². The van der Waals surface area contributed by atoms with E-state index < -0.39 is 11.9 Å². The molecule has 1 aliphatic rings. The summed E-state index contributed by atoms with van der Waals surface area (Å²) in [5.41, 5.74) is 3.06. The van der Waals surface area contributed by atoms with Crippen LogP contribution in [0.25, 0.3) is 0 Å². The smallest absolute Gasteiger partial charge is 0.336 e. The maximum absolute atomic E-state index is 13.2. The van der Waals surface area contributed by atoms with Gasteiger partial charge in [-0.1, -0.05) is 24.3 Å². The summed E-state index contributed by atoms with van der Waals surface area (Å²) in [6, 6.07) is 14.5. The Morgan fingerprint density at radius 2 is 1.88 bits per heavy atom. The second-order valence-corrected chi connectivity index (χ2v) is 7.35. The Labute approximate surface area is 187 Å². The van der Waals surface area contributed by atoms with Crippen molar-refractivity contribution in [2.24, 2.45) is 0 Å². The number of esters is 1. The lowest BCUT2D eigenvalue weighted by Gasteiger charge is -2.35. The minimum atomic E-state index is -0.524. The lowest BCUT2D eigenvalue weighted by atomic mass is 9.83. The van der Waals surface area contributed by atoms with E-state index in [0.717, 1.165) is 5.56 Å². The van der Waals surface area contributed by atoms with Crippen LogP contribution in [0.1, 0.15) is 42.9 Å². The van der Waals surface area contributed by atoms with E-state index in [9.17, 15) is 9.59 Å². The molecule has 0 bridgehead atoms. The summed E-state index contributed by atoms with van der Waals surface area (Å²) < 4.78 is 16.3. The normalized spacial score (nSPS) is 15.9. The van der Waals surface area contributed by atoms with Crippen molar-refractivity contribution in [2.75, 3.05) is 20.8 Å². The zero-order valence-electron chi connectivity index (χ0n) is 18.7. The topological polar surface area (TPSA) is 88.9 Å². The van der Waals surface area contributed by atoms with Crippen LogP contribution in [0.2, 0.25) is 0 Å². The first-order valence-electron chi connectivity index (χ1n) is 10.3. The molecule has 0 fully saturated rings. The van der Waals surface area contributed by atoms with Gasteiger partial charge in [-0.2, -0.15) is 5.26 Å². The molecule has 0 aliphatic carbocycles. The Hall–Kier alpha value is -3.79. The minimum Gasteiger partial charge on any atom is -0.493 e. The SMILES string of the molecule is CCOC(=O)C1=C(C)N(Cc2ccc(C#N)cc2)C(=O)CC1c1cccc(OC)c1OC. The van der Waals surface area contributed by atoms with E-state index >= 15 is 0 Å². The highest BCUT2D eigenvalue weighted by atomic mass is 16.5. The molecule has 0 saturated carbocycles. The highest BCUT2D eigenvalue weighted by Gasteiger charge is 2.38. The Morgan fingerprint density at radius 1 is 1.16 bits per heavy atom. The van der Waals surface area contributed by atoms with Crippen LogP contribution in [0.3, 0.4) is 0 Å². The van der Waals surface area contributed by atoms with Gasteiger partial charge >= 0.3 is 5.97 Å². The van der Waals surface area contributed by atoms with E-state index in [-0.39, 0.29) is 18.9 Å².